The van der Waals surface area contributed by atoms with E-state index in [-0.39, 0.29) is 17.9 Å². The first-order valence-electron chi connectivity index (χ1n) is 9.90. The molecule has 8 heteroatoms. The first-order valence-corrected chi connectivity index (χ1v) is 10.7. The largest absolute Gasteiger partial charge is 0.453 e. The Labute approximate surface area is 184 Å². The minimum Gasteiger partial charge on any atom is -0.453 e. The average molecular weight is 473 g/mol. The summed E-state index contributed by atoms with van der Waals surface area (Å²) >= 11 is 3.41. The molecule has 2 aromatic rings. The Bertz CT molecular complexity index is 945. The lowest BCUT2D eigenvalue weighted by molar-refractivity contribution is -0.133. The highest BCUT2D eigenvalue weighted by Crippen LogP contribution is 2.31. The van der Waals surface area contributed by atoms with E-state index in [9.17, 15) is 9.59 Å². The number of methoxy groups -OCH3 is 1. The van der Waals surface area contributed by atoms with Crippen molar-refractivity contribution in [1.82, 2.24) is 20.2 Å². The molecule has 0 radical (unpaired) electrons. The molecule has 0 spiro atoms. The van der Waals surface area contributed by atoms with Gasteiger partial charge in [0.15, 0.2) is 0 Å². The van der Waals surface area contributed by atoms with Gasteiger partial charge in [-0.25, -0.2) is 9.78 Å². The molecule has 158 valence electrons. The van der Waals surface area contributed by atoms with Crippen LogP contribution in [0.5, 0.6) is 0 Å². The van der Waals surface area contributed by atoms with Crippen LogP contribution in [-0.2, 0) is 9.53 Å². The van der Waals surface area contributed by atoms with Gasteiger partial charge in [-0.1, -0.05) is 28.8 Å². The van der Waals surface area contributed by atoms with Crippen LogP contribution in [-0.4, -0.2) is 47.1 Å². The van der Waals surface area contributed by atoms with E-state index < -0.39 is 6.09 Å². The number of aromatic nitrogens is 2. The maximum absolute atomic E-state index is 12.8. The van der Waals surface area contributed by atoms with E-state index >= 15 is 0 Å². The van der Waals surface area contributed by atoms with E-state index in [1.807, 2.05) is 36.1 Å². The number of nitrogens with zero attached hydrogens (tertiary/aromatic N) is 2. The summed E-state index contributed by atoms with van der Waals surface area (Å²) in [6.07, 6.45) is 3.39. The number of benzene rings is 1. The van der Waals surface area contributed by atoms with Crippen LogP contribution in [0.15, 0.2) is 34.9 Å². The lowest BCUT2D eigenvalue weighted by atomic mass is 10.1. The Morgan fingerprint density at radius 1 is 1.37 bits per heavy atom. The lowest BCUT2D eigenvalue weighted by Gasteiger charge is -2.24. The number of ether oxygens (including phenoxy) is 1. The molecule has 3 rings (SSSR count). The van der Waals surface area contributed by atoms with Crippen LogP contribution in [0.25, 0.3) is 0 Å². The van der Waals surface area contributed by atoms with Crippen LogP contribution in [0.2, 0.25) is 0 Å². The third-order valence-electron chi connectivity index (χ3n) is 4.97. The molecule has 1 fully saturated rings. The number of halogens is 1. The van der Waals surface area contributed by atoms with E-state index in [1.54, 1.807) is 6.20 Å². The first kappa shape index (κ1) is 21.9. The molecule has 2 unspecified atom stereocenters. The summed E-state index contributed by atoms with van der Waals surface area (Å²) in [6.45, 7) is 3.04. The summed E-state index contributed by atoms with van der Waals surface area (Å²) in [6, 6.07) is 7.73. The second-order valence-electron chi connectivity index (χ2n) is 7.37. The summed E-state index contributed by atoms with van der Waals surface area (Å²) in [7, 11) is 1.32. The van der Waals surface area contributed by atoms with Crippen LogP contribution in [0.3, 0.4) is 0 Å². The predicted octanol–water partition coefficient (Wildman–Crippen LogP) is 3.62. The standard InChI is InChI=1S/C22H25BrN4O3/c1-15(13-25-22(29)30-2)12-20(28)27-11-3-4-19(27)21-24-14-18(26-21)10-7-16-5-8-17(23)9-6-16/h5-6,8-9,14-15,19H,3-4,11-13H2,1-2H3,(H,24,26)(H,25,29). The van der Waals surface area contributed by atoms with Crippen molar-refractivity contribution in [2.45, 2.75) is 32.2 Å². The zero-order valence-electron chi connectivity index (χ0n) is 17.1. The normalized spacial score (nSPS) is 16.5. The van der Waals surface area contributed by atoms with Crippen molar-refractivity contribution in [3.8, 4) is 11.8 Å². The Morgan fingerprint density at radius 3 is 2.87 bits per heavy atom. The van der Waals surface area contributed by atoms with Gasteiger partial charge >= 0.3 is 6.09 Å². The van der Waals surface area contributed by atoms with Crippen molar-refractivity contribution in [3.63, 3.8) is 0 Å². The third-order valence-corrected chi connectivity index (χ3v) is 5.50. The number of imidazole rings is 1. The Hall–Kier alpha value is -2.79. The highest BCUT2D eigenvalue weighted by atomic mass is 79.9. The van der Waals surface area contributed by atoms with Gasteiger partial charge in [0.2, 0.25) is 5.91 Å². The molecule has 1 aromatic carbocycles. The molecule has 0 bridgehead atoms. The Morgan fingerprint density at radius 2 is 2.13 bits per heavy atom. The minimum atomic E-state index is -0.485. The average Bonchev–Trinajstić information content (AvgIpc) is 3.40. The Kier molecular flexibility index (Phi) is 7.52. The van der Waals surface area contributed by atoms with Gasteiger partial charge in [-0.2, -0.15) is 0 Å². The molecule has 0 aliphatic carbocycles. The maximum Gasteiger partial charge on any atom is 0.406 e. The lowest BCUT2D eigenvalue weighted by Crippen LogP contribution is -2.35. The first-order chi connectivity index (χ1) is 14.5. The number of alkyl carbamates (subject to hydrolysis) is 1. The van der Waals surface area contributed by atoms with Crippen LogP contribution < -0.4 is 5.32 Å². The molecule has 1 aliphatic rings. The smallest absolute Gasteiger partial charge is 0.406 e. The fraction of sp³-hybridized carbons (Fsp3) is 0.409. The minimum absolute atomic E-state index is 0.0155. The quantitative estimate of drug-likeness (QED) is 0.650. The predicted molar refractivity (Wildman–Crippen MR) is 117 cm³/mol. The summed E-state index contributed by atoms with van der Waals surface area (Å²) in [5, 5.41) is 2.64. The van der Waals surface area contributed by atoms with Crippen molar-refractivity contribution >= 4 is 27.9 Å². The van der Waals surface area contributed by atoms with Crippen molar-refractivity contribution in [2.24, 2.45) is 5.92 Å². The number of hydrogen-bond donors (Lipinski definition) is 2. The van der Waals surface area contributed by atoms with Crippen LogP contribution in [0.4, 0.5) is 4.79 Å². The highest BCUT2D eigenvalue weighted by molar-refractivity contribution is 9.10. The van der Waals surface area contributed by atoms with Gasteiger partial charge in [0.05, 0.1) is 19.3 Å². The molecule has 1 aromatic heterocycles. The zero-order valence-corrected chi connectivity index (χ0v) is 18.7. The number of carbonyl (C=O) groups is 2. The number of H-pyrrole nitrogens is 1. The summed E-state index contributed by atoms with van der Waals surface area (Å²) in [5.74, 6) is 7.05. The SMILES string of the molecule is COC(=O)NCC(C)CC(=O)N1CCCC1c1ncc(C#Cc2ccc(Br)cc2)[nH]1. The molecule has 30 heavy (non-hydrogen) atoms. The molecule has 1 saturated heterocycles. The maximum atomic E-state index is 12.8. The van der Waals surface area contributed by atoms with Crippen molar-refractivity contribution < 1.29 is 14.3 Å². The van der Waals surface area contributed by atoms with Gasteiger partial charge in [0.1, 0.15) is 11.5 Å². The summed E-state index contributed by atoms with van der Waals surface area (Å²) < 4.78 is 5.58. The van der Waals surface area contributed by atoms with E-state index in [1.165, 1.54) is 7.11 Å². The number of amides is 2. The topological polar surface area (TPSA) is 87.3 Å². The third kappa shape index (κ3) is 5.86. The van der Waals surface area contributed by atoms with Crippen molar-refractivity contribution in [2.75, 3.05) is 20.2 Å². The second kappa shape index (κ2) is 10.3. The molecule has 0 saturated carbocycles. The second-order valence-corrected chi connectivity index (χ2v) is 8.28. The van der Waals surface area contributed by atoms with Gasteiger partial charge in [-0.05, 0) is 48.9 Å². The molecular formula is C22H25BrN4O3. The fourth-order valence-electron chi connectivity index (χ4n) is 3.41. The molecule has 1 aliphatic heterocycles. The number of likely N-dealkylation sites (tertiary alicyclic amines) is 1. The van der Waals surface area contributed by atoms with Crippen LogP contribution >= 0.6 is 15.9 Å². The molecular weight excluding hydrogens is 448 g/mol. The van der Waals surface area contributed by atoms with Crippen molar-refractivity contribution in [1.29, 1.82) is 0 Å². The molecule has 2 N–H and O–H groups in total. The number of rotatable bonds is 5. The number of aromatic amines is 1. The fourth-order valence-corrected chi connectivity index (χ4v) is 3.67. The van der Waals surface area contributed by atoms with Gasteiger partial charge < -0.3 is 19.9 Å². The van der Waals surface area contributed by atoms with E-state index in [4.69, 9.17) is 0 Å². The molecule has 2 atom stereocenters. The molecule has 2 amide bonds. The number of nitrogens with one attached hydrogen (secondary N) is 2. The van der Waals surface area contributed by atoms with Gasteiger partial charge in [0, 0.05) is 29.5 Å². The molecule has 7 nitrogen and oxygen atoms in total. The summed E-state index contributed by atoms with van der Waals surface area (Å²) in [5.41, 5.74) is 1.64. The van der Waals surface area contributed by atoms with E-state index in [0.717, 1.165) is 34.4 Å². The van der Waals surface area contributed by atoms with Gasteiger partial charge in [-0.15, -0.1) is 0 Å². The highest BCUT2D eigenvalue weighted by Gasteiger charge is 2.32. The monoisotopic (exact) mass is 472 g/mol. The summed E-state index contributed by atoms with van der Waals surface area (Å²) in [4.78, 5) is 33.6. The van der Waals surface area contributed by atoms with Crippen molar-refractivity contribution in [3.05, 3.63) is 52.0 Å². The molecule has 2 heterocycles. The Balaban J connectivity index is 1.61. The van der Waals surface area contributed by atoms with Gasteiger partial charge in [0.25, 0.3) is 0 Å². The van der Waals surface area contributed by atoms with Crippen LogP contribution in [0, 0.1) is 17.8 Å². The van der Waals surface area contributed by atoms with E-state index in [2.05, 4.69) is 47.8 Å². The van der Waals surface area contributed by atoms with E-state index in [0.29, 0.717) is 19.5 Å². The van der Waals surface area contributed by atoms with Crippen LogP contribution in [0.1, 0.15) is 49.3 Å². The van der Waals surface area contributed by atoms with Gasteiger partial charge in [-0.3, -0.25) is 4.79 Å². The zero-order chi connectivity index (χ0) is 21.5. The number of hydrogen-bond acceptors (Lipinski definition) is 4. The number of carbonyl (C=O) groups excluding carboxylic acids is 2.